The molecule has 1 aliphatic heterocycles. The molecule has 0 aromatic heterocycles. The molecular weight excluding hydrogens is 152 g/mol. The first kappa shape index (κ1) is 11.4. The quantitative estimate of drug-likeness (QED) is 0.650. The van der Waals surface area contributed by atoms with E-state index in [-0.39, 0.29) is 11.9 Å². The van der Waals surface area contributed by atoms with Crippen LogP contribution in [0.15, 0.2) is 0 Å². The van der Waals surface area contributed by atoms with Crippen LogP contribution in [0.3, 0.4) is 0 Å². The number of amides is 1. The Labute approximate surface area is 74.9 Å². The smallest absolute Gasteiger partial charge is 0.237 e. The summed E-state index contributed by atoms with van der Waals surface area (Å²) in [6, 6.07) is 0.0787. The van der Waals surface area contributed by atoms with Crippen LogP contribution in [0.4, 0.5) is 0 Å². The third-order valence-corrected chi connectivity index (χ3v) is 1.50. The summed E-state index contributed by atoms with van der Waals surface area (Å²) in [4.78, 5) is 10.8. The number of rotatable bonds is 2. The first-order valence-corrected chi connectivity index (χ1v) is 4.77. The molecular formula is C9H20N2O. The summed E-state index contributed by atoms with van der Waals surface area (Å²) in [5.41, 5.74) is 0. The molecule has 0 radical (unpaired) electrons. The maximum atomic E-state index is 10.8. The monoisotopic (exact) mass is 172 g/mol. The van der Waals surface area contributed by atoms with E-state index in [4.69, 9.17) is 0 Å². The van der Waals surface area contributed by atoms with Gasteiger partial charge in [0.1, 0.15) is 0 Å². The number of carbonyl (C=O) groups excluding carboxylic acids is 1. The van der Waals surface area contributed by atoms with E-state index in [1.165, 1.54) is 6.42 Å². The molecule has 3 heteroatoms. The van der Waals surface area contributed by atoms with Gasteiger partial charge in [0, 0.05) is 6.54 Å². The molecule has 3 nitrogen and oxygen atoms in total. The SMILES string of the molecule is CCC.CCNC1CCNC1=O. The van der Waals surface area contributed by atoms with E-state index >= 15 is 0 Å². The topological polar surface area (TPSA) is 41.1 Å². The van der Waals surface area contributed by atoms with Crippen LogP contribution < -0.4 is 10.6 Å². The second kappa shape index (κ2) is 7.10. The Kier molecular flexibility index (Phi) is 6.76. The molecule has 1 aliphatic rings. The summed E-state index contributed by atoms with van der Waals surface area (Å²) >= 11 is 0. The first-order valence-electron chi connectivity index (χ1n) is 4.77. The molecule has 0 aromatic carbocycles. The van der Waals surface area contributed by atoms with Crippen molar-refractivity contribution in [3.8, 4) is 0 Å². The molecule has 0 saturated carbocycles. The van der Waals surface area contributed by atoms with Crippen LogP contribution in [-0.4, -0.2) is 25.0 Å². The summed E-state index contributed by atoms with van der Waals surface area (Å²) in [5.74, 6) is 0.150. The van der Waals surface area contributed by atoms with Crippen LogP contribution in [0.5, 0.6) is 0 Å². The molecule has 0 aromatic rings. The Balaban J connectivity index is 0.000000354. The predicted molar refractivity (Wildman–Crippen MR) is 51.1 cm³/mol. The highest BCUT2D eigenvalue weighted by Crippen LogP contribution is 1.97. The molecule has 1 fully saturated rings. The molecule has 1 rings (SSSR count). The summed E-state index contributed by atoms with van der Waals surface area (Å²) in [6.07, 6.45) is 2.19. The number of hydrogen-bond acceptors (Lipinski definition) is 2. The van der Waals surface area contributed by atoms with Gasteiger partial charge in [-0.3, -0.25) is 4.79 Å². The molecule has 1 unspecified atom stereocenters. The highest BCUT2D eigenvalue weighted by molar-refractivity contribution is 5.83. The molecule has 0 spiro atoms. The summed E-state index contributed by atoms with van der Waals surface area (Å²) in [6.45, 7) is 7.96. The van der Waals surface area contributed by atoms with Crippen LogP contribution in [0, 0.1) is 0 Å². The van der Waals surface area contributed by atoms with Gasteiger partial charge in [0.15, 0.2) is 0 Å². The second-order valence-corrected chi connectivity index (χ2v) is 2.90. The fourth-order valence-electron chi connectivity index (χ4n) is 1.04. The minimum atomic E-state index is 0.0787. The summed E-state index contributed by atoms with van der Waals surface area (Å²) in [5, 5.41) is 5.84. The number of likely N-dealkylation sites (N-methyl/N-ethyl adjacent to an activating group) is 1. The zero-order chi connectivity index (χ0) is 9.40. The lowest BCUT2D eigenvalue weighted by atomic mass is 10.2. The first-order chi connectivity index (χ1) is 5.76. The summed E-state index contributed by atoms with van der Waals surface area (Å²) < 4.78 is 0. The molecule has 1 atom stereocenters. The van der Waals surface area contributed by atoms with E-state index in [9.17, 15) is 4.79 Å². The lowest BCUT2D eigenvalue weighted by molar-refractivity contribution is -0.120. The fourth-order valence-corrected chi connectivity index (χ4v) is 1.04. The average molecular weight is 172 g/mol. The lowest BCUT2D eigenvalue weighted by Gasteiger charge is -2.04. The third kappa shape index (κ3) is 4.34. The van der Waals surface area contributed by atoms with E-state index in [0.29, 0.717) is 0 Å². The van der Waals surface area contributed by atoms with Gasteiger partial charge in [-0.15, -0.1) is 0 Å². The van der Waals surface area contributed by atoms with Crippen LogP contribution in [-0.2, 0) is 4.79 Å². The highest BCUT2D eigenvalue weighted by Gasteiger charge is 2.21. The highest BCUT2D eigenvalue weighted by atomic mass is 16.2. The summed E-state index contributed by atoms with van der Waals surface area (Å²) in [7, 11) is 0. The van der Waals surface area contributed by atoms with Crippen LogP contribution in [0.1, 0.15) is 33.6 Å². The van der Waals surface area contributed by atoms with E-state index < -0.39 is 0 Å². The number of hydrogen-bond donors (Lipinski definition) is 2. The maximum absolute atomic E-state index is 10.8. The molecule has 2 N–H and O–H groups in total. The lowest BCUT2D eigenvalue weighted by Crippen LogP contribution is -2.35. The number of nitrogens with one attached hydrogen (secondary N) is 2. The van der Waals surface area contributed by atoms with Crippen molar-refractivity contribution in [2.45, 2.75) is 39.7 Å². The Morgan fingerprint density at radius 3 is 2.42 bits per heavy atom. The third-order valence-electron chi connectivity index (χ3n) is 1.50. The minimum absolute atomic E-state index is 0.0787. The van der Waals surface area contributed by atoms with Gasteiger partial charge in [-0.25, -0.2) is 0 Å². The largest absolute Gasteiger partial charge is 0.355 e. The fraction of sp³-hybridized carbons (Fsp3) is 0.889. The van der Waals surface area contributed by atoms with Crippen molar-refractivity contribution < 1.29 is 4.79 Å². The molecule has 0 aliphatic carbocycles. The molecule has 1 saturated heterocycles. The zero-order valence-corrected chi connectivity index (χ0v) is 8.31. The molecule has 72 valence electrons. The van der Waals surface area contributed by atoms with Gasteiger partial charge in [-0.1, -0.05) is 27.2 Å². The second-order valence-electron chi connectivity index (χ2n) is 2.90. The van der Waals surface area contributed by atoms with E-state index in [2.05, 4.69) is 24.5 Å². The van der Waals surface area contributed by atoms with Crippen molar-refractivity contribution in [2.75, 3.05) is 13.1 Å². The predicted octanol–water partition coefficient (Wildman–Crippen LogP) is 0.901. The van der Waals surface area contributed by atoms with E-state index in [0.717, 1.165) is 19.5 Å². The molecule has 1 amide bonds. The molecule has 0 bridgehead atoms. The molecule has 1 heterocycles. The average Bonchev–Trinajstić information content (AvgIpc) is 2.39. The standard InChI is InChI=1S/C6H12N2O.C3H8/c1-2-7-5-3-4-8-6(5)9;1-3-2/h5,7H,2-4H2,1H3,(H,8,9);3H2,1-2H3. The van der Waals surface area contributed by atoms with Crippen molar-refractivity contribution in [1.82, 2.24) is 10.6 Å². The Morgan fingerprint density at radius 2 is 2.08 bits per heavy atom. The van der Waals surface area contributed by atoms with Crippen molar-refractivity contribution in [3.05, 3.63) is 0 Å². The minimum Gasteiger partial charge on any atom is -0.355 e. The van der Waals surface area contributed by atoms with Crippen LogP contribution in [0.25, 0.3) is 0 Å². The van der Waals surface area contributed by atoms with E-state index in [1.54, 1.807) is 0 Å². The van der Waals surface area contributed by atoms with Gasteiger partial charge in [0.05, 0.1) is 6.04 Å². The van der Waals surface area contributed by atoms with Crippen LogP contribution >= 0.6 is 0 Å². The van der Waals surface area contributed by atoms with Crippen molar-refractivity contribution in [1.29, 1.82) is 0 Å². The maximum Gasteiger partial charge on any atom is 0.237 e. The zero-order valence-electron chi connectivity index (χ0n) is 8.31. The van der Waals surface area contributed by atoms with Crippen molar-refractivity contribution in [2.24, 2.45) is 0 Å². The van der Waals surface area contributed by atoms with Gasteiger partial charge in [-0.2, -0.15) is 0 Å². The van der Waals surface area contributed by atoms with Gasteiger partial charge in [0.2, 0.25) is 5.91 Å². The van der Waals surface area contributed by atoms with Gasteiger partial charge in [0.25, 0.3) is 0 Å². The van der Waals surface area contributed by atoms with Crippen LogP contribution in [0.2, 0.25) is 0 Å². The number of carbonyl (C=O) groups is 1. The van der Waals surface area contributed by atoms with E-state index in [1.807, 2.05) is 6.92 Å². The molecule has 12 heavy (non-hydrogen) atoms. The van der Waals surface area contributed by atoms with Gasteiger partial charge >= 0.3 is 0 Å². The Hall–Kier alpha value is -0.570. The van der Waals surface area contributed by atoms with Gasteiger partial charge in [-0.05, 0) is 13.0 Å². The normalized spacial score (nSPS) is 21.2. The Bertz CT molecular complexity index is 126. The van der Waals surface area contributed by atoms with Crippen molar-refractivity contribution >= 4 is 5.91 Å². The Morgan fingerprint density at radius 1 is 1.50 bits per heavy atom. The van der Waals surface area contributed by atoms with Gasteiger partial charge < -0.3 is 10.6 Å². The van der Waals surface area contributed by atoms with Crippen molar-refractivity contribution in [3.63, 3.8) is 0 Å².